The Morgan fingerprint density at radius 2 is 1.94 bits per heavy atom. The van der Waals surface area contributed by atoms with Gasteiger partial charge in [0.25, 0.3) is 0 Å². The van der Waals surface area contributed by atoms with Crippen molar-refractivity contribution in [3.05, 3.63) is 12.7 Å². The van der Waals surface area contributed by atoms with Gasteiger partial charge in [-0.2, -0.15) is 0 Å². The molecular formula is C13H26NO2+. The van der Waals surface area contributed by atoms with Crippen LogP contribution in [0.1, 0.15) is 40.5 Å². The molecular weight excluding hydrogens is 202 g/mol. The fourth-order valence-electron chi connectivity index (χ4n) is 2.04. The molecule has 0 spiro atoms. The molecule has 94 valence electrons. The van der Waals surface area contributed by atoms with E-state index in [1.807, 2.05) is 6.92 Å². The van der Waals surface area contributed by atoms with Crippen molar-refractivity contribution in [3.8, 4) is 0 Å². The number of quaternary nitrogens is 1. The highest BCUT2D eigenvalue weighted by molar-refractivity contribution is 5.81. The van der Waals surface area contributed by atoms with Crippen molar-refractivity contribution in [3.63, 3.8) is 0 Å². The van der Waals surface area contributed by atoms with E-state index in [4.69, 9.17) is 4.74 Å². The number of rotatable bonds is 8. The molecule has 0 amide bonds. The van der Waals surface area contributed by atoms with Gasteiger partial charge in [0.2, 0.25) is 6.23 Å². The van der Waals surface area contributed by atoms with Crippen molar-refractivity contribution < 1.29 is 14.0 Å². The smallest absolute Gasteiger partial charge is 0.334 e. The van der Waals surface area contributed by atoms with Crippen molar-refractivity contribution >= 4 is 5.97 Å². The molecule has 16 heavy (non-hydrogen) atoms. The topological polar surface area (TPSA) is 26.3 Å². The van der Waals surface area contributed by atoms with Crippen molar-refractivity contribution in [1.29, 1.82) is 0 Å². The van der Waals surface area contributed by atoms with Gasteiger partial charge in [0.15, 0.2) is 0 Å². The Morgan fingerprint density at radius 1 is 1.38 bits per heavy atom. The Kier molecular flexibility index (Phi) is 7.06. The largest absolute Gasteiger partial charge is 0.410 e. The molecule has 1 atom stereocenters. The summed E-state index contributed by atoms with van der Waals surface area (Å²) in [6.45, 7) is 14.9. The van der Waals surface area contributed by atoms with Crippen LogP contribution in [0.3, 0.4) is 0 Å². The van der Waals surface area contributed by atoms with Crippen molar-refractivity contribution in [1.82, 2.24) is 0 Å². The summed E-state index contributed by atoms with van der Waals surface area (Å²) in [6.07, 6.45) is 3.47. The molecule has 0 rings (SSSR count). The maximum Gasteiger partial charge on any atom is 0.334 e. The predicted molar refractivity (Wildman–Crippen MR) is 66.9 cm³/mol. The fraction of sp³-hybridized carbons (Fsp3) is 0.769. The molecule has 3 heteroatoms. The average molecular weight is 228 g/mol. The lowest BCUT2D eigenvalue weighted by molar-refractivity contribution is -0.964. The van der Waals surface area contributed by atoms with E-state index >= 15 is 0 Å². The Hall–Kier alpha value is -0.830. The number of hydrogen-bond acceptors (Lipinski definition) is 2. The molecule has 0 fully saturated rings. The molecule has 3 nitrogen and oxygen atoms in total. The molecule has 0 aliphatic heterocycles. The SMILES string of the molecule is C=CC(=O)OC(C)[N+](CC)(CC)CCCC. The zero-order chi connectivity index (χ0) is 12.6. The lowest BCUT2D eigenvalue weighted by Crippen LogP contribution is -2.56. The predicted octanol–water partition coefficient (Wildman–Crippen LogP) is 2.72. The van der Waals surface area contributed by atoms with Crippen molar-refractivity contribution in [2.45, 2.75) is 46.8 Å². The van der Waals surface area contributed by atoms with Gasteiger partial charge < -0.3 is 4.74 Å². The van der Waals surface area contributed by atoms with Gasteiger partial charge in [-0.1, -0.05) is 19.9 Å². The van der Waals surface area contributed by atoms with Crippen molar-refractivity contribution in [2.75, 3.05) is 19.6 Å². The summed E-state index contributed by atoms with van der Waals surface area (Å²) in [5.74, 6) is -0.326. The monoisotopic (exact) mass is 228 g/mol. The summed E-state index contributed by atoms with van der Waals surface area (Å²) in [7, 11) is 0. The molecule has 0 saturated carbocycles. The summed E-state index contributed by atoms with van der Waals surface area (Å²) in [5, 5.41) is 0. The second-order valence-electron chi connectivity index (χ2n) is 4.17. The zero-order valence-electron chi connectivity index (χ0n) is 11.2. The van der Waals surface area contributed by atoms with Gasteiger partial charge in [-0.3, -0.25) is 4.48 Å². The number of carbonyl (C=O) groups is 1. The number of carbonyl (C=O) groups excluding carboxylic acids is 1. The van der Waals surface area contributed by atoms with E-state index in [0.717, 1.165) is 30.5 Å². The molecule has 0 aliphatic carbocycles. The van der Waals surface area contributed by atoms with Crippen LogP contribution >= 0.6 is 0 Å². The minimum atomic E-state index is -0.326. The molecule has 0 radical (unpaired) electrons. The molecule has 0 N–H and O–H groups in total. The fourth-order valence-corrected chi connectivity index (χ4v) is 2.04. The first-order chi connectivity index (χ1) is 7.56. The van der Waals surface area contributed by atoms with Crippen LogP contribution in [-0.4, -0.2) is 36.3 Å². The standard InChI is InChI=1S/C13H26NO2/c1-6-10-11-14(8-3,9-4)12(5)16-13(15)7-2/h7,12H,2,6,8-11H2,1,3-5H3/q+1. The highest BCUT2D eigenvalue weighted by Crippen LogP contribution is 2.16. The van der Waals surface area contributed by atoms with Gasteiger partial charge in [-0.05, 0) is 20.3 Å². The quantitative estimate of drug-likeness (QED) is 0.276. The van der Waals surface area contributed by atoms with E-state index in [2.05, 4.69) is 27.4 Å². The Labute approximate surface area is 99.7 Å². The van der Waals surface area contributed by atoms with Gasteiger partial charge in [0.05, 0.1) is 19.6 Å². The van der Waals surface area contributed by atoms with E-state index in [9.17, 15) is 4.79 Å². The van der Waals surface area contributed by atoms with Gasteiger partial charge in [0.1, 0.15) is 0 Å². The number of unbranched alkanes of at least 4 members (excludes halogenated alkanes) is 1. The number of nitrogens with zero attached hydrogens (tertiary/aromatic N) is 1. The summed E-state index contributed by atoms with van der Waals surface area (Å²) in [6, 6.07) is 0. The van der Waals surface area contributed by atoms with Crippen LogP contribution < -0.4 is 0 Å². The van der Waals surface area contributed by atoms with Crippen LogP contribution in [0.5, 0.6) is 0 Å². The van der Waals surface area contributed by atoms with E-state index in [1.165, 1.54) is 12.5 Å². The summed E-state index contributed by atoms with van der Waals surface area (Å²) in [5.41, 5.74) is 0. The minimum absolute atomic E-state index is 0.0907. The molecule has 0 aromatic heterocycles. The zero-order valence-corrected chi connectivity index (χ0v) is 11.2. The van der Waals surface area contributed by atoms with E-state index in [1.54, 1.807) is 0 Å². The minimum Gasteiger partial charge on any atom is -0.410 e. The van der Waals surface area contributed by atoms with Gasteiger partial charge in [-0.25, -0.2) is 4.79 Å². The molecule has 0 aromatic rings. The summed E-state index contributed by atoms with van der Waals surface area (Å²) < 4.78 is 6.20. The highest BCUT2D eigenvalue weighted by Gasteiger charge is 2.32. The molecule has 0 bridgehead atoms. The first kappa shape index (κ1) is 15.2. The van der Waals surface area contributed by atoms with Gasteiger partial charge in [-0.15, -0.1) is 0 Å². The lowest BCUT2D eigenvalue weighted by atomic mass is 10.2. The molecule has 0 saturated heterocycles. The first-order valence-electron chi connectivity index (χ1n) is 6.25. The van der Waals surface area contributed by atoms with Crippen LogP contribution in [0.4, 0.5) is 0 Å². The Bertz CT molecular complexity index is 222. The van der Waals surface area contributed by atoms with Crippen LogP contribution in [0.25, 0.3) is 0 Å². The maximum absolute atomic E-state index is 11.2. The third kappa shape index (κ3) is 3.97. The highest BCUT2D eigenvalue weighted by atomic mass is 16.6. The Morgan fingerprint density at radius 3 is 2.31 bits per heavy atom. The number of esters is 1. The third-order valence-electron chi connectivity index (χ3n) is 3.44. The van der Waals surface area contributed by atoms with Gasteiger partial charge >= 0.3 is 5.97 Å². The van der Waals surface area contributed by atoms with Crippen molar-refractivity contribution in [2.24, 2.45) is 0 Å². The number of ether oxygens (including phenoxy) is 1. The molecule has 0 heterocycles. The van der Waals surface area contributed by atoms with Crippen LogP contribution in [0.2, 0.25) is 0 Å². The van der Waals surface area contributed by atoms with Crippen LogP contribution in [-0.2, 0) is 9.53 Å². The first-order valence-corrected chi connectivity index (χ1v) is 6.25. The van der Waals surface area contributed by atoms with Crippen LogP contribution in [0, 0.1) is 0 Å². The molecule has 1 unspecified atom stereocenters. The van der Waals surface area contributed by atoms with E-state index < -0.39 is 0 Å². The second-order valence-corrected chi connectivity index (χ2v) is 4.17. The maximum atomic E-state index is 11.2. The molecule has 0 aliphatic rings. The third-order valence-corrected chi connectivity index (χ3v) is 3.44. The summed E-state index contributed by atoms with van der Waals surface area (Å²) >= 11 is 0. The normalized spacial score (nSPS) is 13.2. The van der Waals surface area contributed by atoms with E-state index in [-0.39, 0.29) is 12.2 Å². The summed E-state index contributed by atoms with van der Waals surface area (Å²) in [4.78, 5) is 11.2. The van der Waals surface area contributed by atoms with E-state index in [0.29, 0.717) is 0 Å². The lowest BCUT2D eigenvalue weighted by Gasteiger charge is -2.40. The molecule has 0 aromatic carbocycles. The average Bonchev–Trinajstić information content (AvgIpc) is 2.31. The van der Waals surface area contributed by atoms with Crippen LogP contribution in [0.15, 0.2) is 12.7 Å². The van der Waals surface area contributed by atoms with Gasteiger partial charge in [0, 0.05) is 13.0 Å². The number of hydrogen-bond donors (Lipinski definition) is 0. The second kappa shape index (κ2) is 7.44. The Balaban J connectivity index is 4.59.